The van der Waals surface area contributed by atoms with Crippen molar-refractivity contribution in [3.05, 3.63) is 28.5 Å². The fourth-order valence-corrected chi connectivity index (χ4v) is 4.48. The van der Waals surface area contributed by atoms with Crippen molar-refractivity contribution in [1.29, 1.82) is 0 Å². The number of carbonyl (C=O) groups is 2. The van der Waals surface area contributed by atoms with Gasteiger partial charge in [-0.2, -0.15) is 0 Å². The number of carbonyl (C=O) groups excluding carboxylic acids is 2. The third-order valence-electron chi connectivity index (χ3n) is 5.44. The summed E-state index contributed by atoms with van der Waals surface area (Å²) in [6, 6.07) is 4.36. The molecule has 1 aliphatic carbocycles. The van der Waals surface area contributed by atoms with Crippen molar-refractivity contribution in [1.82, 2.24) is 10.2 Å². The highest BCUT2D eigenvalue weighted by molar-refractivity contribution is 7.10. The lowest BCUT2D eigenvalue weighted by atomic mass is 9.93. The van der Waals surface area contributed by atoms with Gasteiger partial charge < -0.3 is 15.0 Å². The number of nitrogens with one attached hydrogen (secondary N) is 1. The molecule has 25 heavy (non-hydrogen) atoms. The van der Waals surface area contributed by atoms with Gasteiger partial charge in [0.1, 0.15) is 0 Å². The molecule has 2 amide bonds. The maximum atomic E-state index is 12.3. The molecule has 0 bridgehead atoms. The molecule has 1 saturated carbocycles. The molecule has 2 saturated heterocycles. The summed E-state index contributed by atoms with van der Waals surface area (Å²) in [4.78, 5) is 27.3. The molecule has 5 nitrogen and oxygen atoms in total. The van der Waals surface area contributed by atoms with E-state index in [2.05, 4.69) is 5.32 Å². The lowest BCUT2D eigenvalue weighted by Crippen LogP contribution is -2.40. The molecular weight excluding hydrogens is 336 g/mol. The molecule has 1 N–H and O–H groups in total. The summed E-state index contributed by atoms with van der Waals surface area (Å²) in [6.45, 7) is 1.37. The van der Waals surface area contributed by atoms with Crippen LogP contribution in [0.15, 0.2) is 23.6 Å². The molecule has 0 radical (unpaired) electrons. The van der Waals surface area contributed by atoms with Gasteiger partial charge in [0.05, 0.1) is 18.6 Å². The lowest BCUT2D eigenvalue weighted by molar-refractivity contribution is -0.128. The second-order valence-electron chi connectivity index (χ2n) is 7.28. The van der Waals surface area contributed by atoms with Crippen molar-refractivity contribution >= 4 is 29.2 Å². The van der Waals surface area contributed by atoms with Crippen molar-refractivity contribution < 1.29 is 14.3 Å². The molecule has 0 spiro atoms. The van der Waals surface area contributed by atoms with Gasteiger partial charge in [-0.1, -0.05) is 6.07 Å². The number of thiophene rings is 1. The van der Waals surface area contributed by atoms with E-state index < -0.39 is 0 Å². The number of hydrogen-bond donors (Lipinski definition) is 1. The lowest BCUT2D eigenvalue weighted by Gasteiger charge is -2.27. The van der Waals surface area contributed by atoms with E-state index in [-0.39, 0.29) is 24.0 Å². The first kappa shape index (κ1) is 16.8. The van der Waals surface area contributed by atoms with Gasteiger partial charge in [0.15, 0.2) is 0 Å². The first-order chi connectivity index (χ1) is 12.2. The second-order valence-corrected chi connectivity index (χ2v) is 8.26. The van der Waals surface area contributed by atoms with Gasteiger partial charge in [0.25, 0.3) is 0 Å². The highest BCUT2D eigenvalue weighted by atomic mass is 32.1. The number of rotatable bonds is 5. The van der Waals surface area contributed by atoms with Gasteiger partial charge in [0.2, 0.25) is 11.8 Å². The Kier molecular flexibility index (Phi) is 4.90. The molecule has 0 unspecified atom stereocenters. The van der Waals surface area contributed by atoms with Crippen LogP contribution in [0.25, 0.3) is 6.08 Å². The molecule has 3 aliphatic rings. The number of nitrogens with zero attached hydrogens (tertiary/aromatic N) is 1. The summed E-state index contributed by atoms with van der Waals surface area (Å²) >= 11 is 1.62. The second kappa shape index (κ2) is 7.30. The Balaban J connectivity index is 1.23. The van der Waals surface area contributed by atoms with Gasteiger partial charge >= 0.3 is 0 Å². The van der Waals surface area contributed by atoms with E-state index >= 15 is 0 Å². The van der Waals surface area contributed by atoms with Crippen LogP contribution in [0.4, 0.5) is 0 Å². The molecule has 1 aromatic rings. The summed E-state index contributed by atoms with van der Waals surface area (Å²) in [5, 5.41) is 5.07. The Hall–Kier alpha value is -1.66. The summed E-state index contributed by atoms with van der Waals surface area (Å²) in [5.74, 6) is 0.521. The average molecular weight is 360 g/mol. The van der Waals surface area contributed by atoms with Crippen LogP contribution in [0.3, 0.4) is 0 Å². The van der Waals surface area contributed by atoms with Crippen LogP contribution < -0.4 is 5.32 Å². The van der Waals surface area contributed by atoms with Crippen molar-refractivity contribution in [3.63, 3.8) is 0 Å². The Morgan fingerprint density at radius 1 is 1.36 bits per heavy atom. The Bertz CT molecular complexity index is 640. The van der Waals surface area contributed by atoms with Gasteiger partial charge in [-0.3, -0.25) is 9.59 Å². The first-order valence-electron chi connectivity index (χ1n) is 9.12. The number of fused-ring (bicyclic) bond motifs is 1. The molecule has 3 heterocycles. The largest absolute Gasteiger partial charge is 0.372 e. The van der Waals surface area contributed by atoms with Gasteiger partial charge in [-0.15, -0.1) is 11.3 Å². The number of hydrogen-bond acceptors (Lipinski definition) is 4. The fourth-order valence-electron chi connectivity index (χ4n) is 3.86. The zero-order chi connectivity index (χ0) is 17.2. The van der Waals surface area contributed by atoms with Gasteiger partial charge in [-0.25, -0.2) is 0 Å². The standard InChI is InChI=1S/C19H24N2O3S/c22-18(20-14-3-1-4-14)10-15-9-13-11-21(12-17(13)24-15)19(23)7-6-16-5-2-8-25-16/h2,5-8,13-15,17H,1,3-4,9-12H2,(H,20,22)/b7-6+/t13-,15+,17+/m0/s1. The Morgan fingerprint density at radius 2 is 2.24 bits per heavy atom. The molecule has 3 fully saturated rings. The zero-order valence-electron chi connectivity index (χ0n) is 14.2. The van der Waals surface area contributed by atoms with Crippen molar-refractivity contribution in [2.45, 2.75) is 50.4 Å². The highest BCUT2D eigenvalue weighted by Crippen LogP contribution is 2.34. The van der Waals surface area contributed by atoms with Crippen molar-refractivity contribution in [2.24, 2.45) is 5.92 Å². The monoisotopic (exact) mass is 360 g/mol. The maximum Gasteiger partial charge on any atom is 0.246 e. The van der Waals surface area contributed by atoms with Crippen LogP contribution in [0.5, 0.6) is 0 Å². The SMILES string of the molecule is O=C(C[C@H]1C[C@H]2CN(C(=O)/C=C/c3cccs3)C[C@H]2O1)NC1CCC1. The fraction of sp³-hybridized carbons (Fsp3) is 0.579. The van der Waals surface area contributed by atoms with Gasteiger partial charge in [-0.05, 0) is 43.2 Å². The zero-order valence-corrected chi connectivity index (χ0v) is 15.0. The van der Waals surface area contributed by atoms with Crippen molar-refractivity contribution in [2.75, 3.05) is 13.1 Å². The summed E-state index contributed by atoms with van der Waals surface area (Å²) in [5.41, 5.74) is 0. The van der Waals surface area contributed by atoms with Crippen LogP contribution in [0.1, 0.15) is 37.0 Å². The van der Waals surface area contributed by atoms with Crippen LogP contribution >= 0.6 is 11.3 Å². The van der Waals surface area contributed by atoms with E-state index in [0.29, 0.717) is 24.9 Å². The van der Waals surface area contributed by atoms with Crippen LogP contribution in [0.2, 0.25) is 0 Å². The van der Waals surface area contributed by atoms with E-state index in [1.54, 1.807) is 17.4 Å². The molecule has 134 valence electrons. The van der Waals surface area contributed by atoms with E-state index in [1.807, 2.05) is 28.5 Å². The van der Waals surface area contributed by atoms with Gasteiger partial charge in [0, 0.05) is 36.0 Å². The van der Waals surface area contributed by atoms with Crippen LogP contribution in [-0.4, -0.2) is 48.1 Å². The minimum Gasteiger partial charge on any atom is -0.372 e. The summed E-state index contributed by atoms with van der Waals surface area (Å²) < 4.78 is 6.04. The van der Waals surface area contributed by atoms with Crippen LogP contribution in [-0.2, 0) is 14.3 Å². The molecule has 2 aliphatic heterocycles. The average Bonchev–Trinajstić information content (AvgIpc) is 3.24. The molecule has 0 aromatic carbocycles. The van der Waals surface area contributed by atoms with E-state index in [1.165, 1.54) is 6.42 Å². The smallest absolute Gasteiger partial charge is 0.246 e. The third-order valence-corrected chi connectivity index (χ3v) is 6.28. The molecule has 1 aromatic heterocycles. The third kappa shape index (κ3) is 3.96. The maximum absolute atomic E-state index is 12.3. The predicted molar refractivity (Wildman–Crippen MR) is 97.1 cm³/mol. The topological polar surface area (TPSA) is 58.6 Å². The van der Waals surface area contributed by atoms with E-state index in [0.717, 1.165) is 30.7 Å². The van der Waals surface area contributed by atoms with Crippen LogP contribution in [0, 0.1) is 5.92 Å². The van der Waals surface area contributed by atoms with E-state index in [4.69, 9.17) is 4.74 Å². The number of amides is 2. The predicted octanol–water partition coefficient (Wildman–Crippen LogP) is 2.44. The summed E-state index contributed by atoms with van der Waals surface area (Å²) in [6.07, 6.45) is 8.38. The molecule has 3 atom stereocenters. The molecule has 4 rings (SSSR count). The molecular formula is C19H24N2O3S. The number of ether oxygens (including phenoxy) is 1. The summed E-state index contributed by atoms with van der Waals surface area (Å²) in [7, 11) is 0. The Labute approximate surface area is 152 Å². The van der Waals surface area contributed by atoms with Crippen molar-refractivity contribution in [3.8, 4) is 0 Å². The number of likely N-dealkylation sites (tertiary alicyclic amines) is 1. The quantitative estimate of drug-likeness (QED) is 0.821. The minimum atomic E-state index is 0.00832. The minimum absolute atomic E-state index is 0.00832. The first-order valence-corrected chi connectivity index (χ1v) is 10.0. The Morgan fingerprint density at radius 3 is 2.92 bits per heavy atom. The highest BCUT2D eigenvalue weighted by Gasteiger charge is 2.43. The van der Waals surface area contributed by atoms with E-state index in [9.17, 15) is 9.59 Å². The normalized spacial score (nSPS) is 29.0. The molecule has 6 heteroatoms.